The fraction of sp³-hybridized carbons (Fsp3) is 0.250. The Hall–Kier alpha value is -1.80. The summed E-state index contributed by atoms with van der Waals surface area (Å²) in [6.45, 7) is 0.612. The molecular weight excluding hydrogens is 222 g/mol. The second kappa shape index (κ2) is 4.83. The van der Waals surface area contributed by atoms with Gasteiger partial charge in [0.2, 0.25) is 0 Å². The van der Waals surface area contributed by atoms with Crippen LogP contribution < -0.4 is 10.5 Å². The molecule has 0 radical (unpaired) electrons. The molecular formula is C16H17NO. The van der Waals surface area contributed by atoms with Crippen molar-refractivity contribution >= 4 is 0 Å². The molecule has 2 nitrogen and oxygen atoms in total. The maximum atomic E-state index is 5.87. The molecule has 0 spiro atoms. The standard InChI is InChI=1S/C16H17NO/c17-16-10-15(16)13-7-4-8-14(9-13)18-11-12-5-2-1-3-6-12/h1-9,15-16H,10-11,17H2/t15-,16+/m0/s1. The molecule has 2 atom stereocenters. The monoisotopic (exact) mass is 239 g/mol. The van der Waals surface area contributed by atoms with Gasteiger partial charge in [-0.05, 0) is 29.7 Å². The van der Waals surface area contributed by atoms with Crippen LogP contribution in [0.25, 0.3) is 0 Å². The lowest BCUT2D eigenvalue weighted by Gasteiger charge is -2.08. The third kappa shape index (κ3) is 2.54. The summed E-state index contributed by atoms with van der Waals surface area (Å²) in [6.07, 6.45) is 1.10. The Kier molecular flexibility index (Phi) is 3.03. The molecule has 2 N–H and O–H groups in total. The topological polar surface area (TPSA) is 35.2 Å². The van der Waals surface area contributed by atoms with Gasteiger partial charge in [-0.1, -0.05) is 42.5 Å². The Morgan fingerprint density at radius 3 is 2.56 bits per heavy atom. The summed E-state index contributed by atoms with van der Waals surface area (Å²) < 4.78 is 5.81. The fourth-order valence-electron chi connectivity index (χ4n) is 2.17. The van der Waals surface area contributed by atoms with Crippen LogP contribution in [0.5, 0.6) is 5.75 Å². The maximum Gasteiger partial charge on any atom is 0.120 e. The molecule has 2 heteroatoms. The van der Waals surface area contributed by atoms with Gasteiger partial charge in [-0.2, -0.15) is 0 Å². The number of ether oxygens (including phenoxy) is 1. The van der Waals surface area contributed by atoms with Crippen molar-refractivity contribution in [2.45, 2.75) is 25.0 Å². The van der Waals surface area contributed by atoms with Gasteiger partial charge in [0.05, 0.1) is 0 Å². The van der Waals surface area contributed by atoms with Crippen molar-refractivity contribution in [1.82, 2.24) is 0 Å². The van der Waals surface area contributed by atoms with Crippen LogP contribution in [0.15, 0.2) is 54.6 Å². The Bertz CT molecular complexity index is 524. The second-order valence-corrected chi connectivity index (χ2v) is 4.85. The Morgan fingerprint density at radius 1 is 1.06 bits per heavy atom. The zero-order valence-electron chi connectivity index (χ0n) is 10.3. The normalized spacial score (nSPS) is 21.6. The molecule has 18 heavy (non-hydrogen) atoms. The second-order valence-electron chi connectivity index (χ2n) is 4.85. The van der Waals surface area contributed by atoms with Gasteiger partial charge >= 0.3 is 0 Å². The zero-order chi connectivity index (χ0) is 12.4. The van der Waals surface area contributed by atoms with E-state index in [1.54, 1.807) is 0 Å². The summed E-state index contributed by atoms with van der Waals surface area (Å²) >= 11 is 0. The van der Waals surface area contributed by atoms with E-state index in [1.165, 1.54) is 11.1 Å². The van der Waals surface area contributed by atoms with Gasteiger partial charge in [0.1, 0.15) is 12.4 Å². The van der Waals surface area contributed by atoms with Gasteiger partial charge in [-0.3, -0.25) is 0 Å². The van der Waals surface area contributed by atoms with E-state index in [2.05, 4.69) is 24.3 Å². The van der Waals surface area contributed by atoms with Crippen LogP contribution >= 0.6 is 0 Å². The van der Waals surface area contributed by atoms with Crippen molar-refractivity contribution in [1.29, 1.82) is 0 Å². The van der Waals surface area contributed by atoms with Crippen LogP contribution in [0, 0.1) is 0 Å². The SMILES string of the molecule is N[C@@H]1C[C@H]1c1cccc(OCc2ccccc2)c1. The molecule has 2 aromatic carbocycles. The first-order valence-electron chi connectivity index (χ1n) is 6.35. The molecule has 1 aliphatic carbocycles. The van der Waals surface area contributed by atoms with Crippen molar-refractivity contribution < 1.29 is 4.74 Å². The van der Waals surface area contributed by atoms with Gasteiger partial charge in [0.25, 0.3) is 0 Å². The molecule has 1 saturated carbocycles. The molecule has 2 aromatic rings. The minimum Gasteiger partial charge on any atom is -0.489 e. The molecule has 1 aliphatic rings. The van der Waals surface area contributed by atoms with Crippen LogP contribution in [0.4, 0.5) is 0 Å². The molecule has 1 fully saturated rings. The van der Waals surface area contributed by atoms with Gasteiger partial charge in [-0.15, -0.1) is 0 Å². The minimum absolute atomic E-state index is 0.342. The van der Waals surface area contributed by atoms with E-state index in [9.17, 15) is 0 Å². The van der Waals surface area contributed by atoms with Crippen molar-refractivity contribution in [2.24, 2.45) is 5.73 Å². The van der Waals surface area contributed by atoms with E-state index in [4.69, 9.17) is 10.5 Å². The number of benzene rings is 2. The molecule has 0 unspecified atom stereocenters. The van der Waals surface area contributed by atoms with Crippen molar-refractivity contribution in [3.8, 4) is 5.75 Å². The maximum absolute atomic E-state index is 5.87. The highest BCUT2D eigenvalue weighted by Crippen LogP contribution is 2.39. The minimum atomic E-state index is 0.342. The van der Waals surface area contributed by atoms with Crippen molar-refractivity contribution in [3.63, 3.8) is 0 Å². The molecule has 0 aromatic heterocycles. The Balaban J connectivity index is 1.66. The average Bonchev–Trinajstić information content (AvgIpc) is 3.15. The average molecular weight is 239 g/mol. The van der Waals surface area contributed by atoms with Crippen LogP contribution in [0.1, 0.15) is 23.5 Å². The van der Waals surface area contributed by atoms with E-state index >= 15 is 0 Å². The van der Waals surface area contributed by atoms with Gasteiger partial charge in [0, 0.05) is 12.0 Å². The van der Waals surface area contributed by atoms with E-state index in [0.717, 1.165) is 12.2 Å². The van der Waals surface area contributed by atoms with Gasteiger partial charge < -0.3 is 10.5 Å². The third-order valence-electron chi connectivity index (χ3n) is 3.37. The fourth-order valence-corrected chi connectivity index (χ4v) is 2.17. The van der Waals surface area contributed by atoms with Gasteiger partial charge in [-0.25, -0.2) is 0 Å². The number of hydrogen-bond acceptors (Lipinski definition) is 2. The quantitative estimate of drug-likeness (QED) is 0.890. The molecule has 92 valence electrons. The van der Waals surface area contributed by atoms with Gasteiger partial charge in [0.15, 0.2) is 0 Å². The highest BCUT2D eigenvalue weighted by atomic mass is 16.5. The number of rotatable bonds is 4. The third-order valence-corrected chi connectivity index (χ3v) is 3.37. The summed E-state index contributed by atoms with van der Waals surface area (Å²) in [5.41, 5.74) is 8.36. The molecule has 0 heterocycles. The molecule has 0 amide bonds. The summed E-state index contributed by atoms with van der Waals surface area (Å²) in [5, 5.41) is 0. The first-order valence-corrected chi connectivity index (χ1v) is 6.35. The highest BCUT2D eigenvalue weighted by molar-refractivity contribution is 5.35. The summed E-state index contributed by atoms with van der Waals surface area (Å²) in [4.78, 5) is 0. The highest BCUT2D eigenvalue weighted by Gasteiger charge is 2.34. The first-order chi connectivity index (χ1) is 8.83. The van der Waals surface area contributed by atoms with E-state index < -0.39 is 0 Å². The van der Waals surface area contributed by atoms with Crippen molar-refractivity contribution in [2.75, 3.05) is 0 Å². The van der Waals surface area contributed by atoms with E-state index in [0.29, 0.717) is 18.6 Å². The van der Waals surface area contributed by atoms with E-state index in [1.807, 2.05) is 30.3 Å². The predicted molar refractivity (Wildman–Crippen MR) is 72.5 cm³/mol. The summed E-state index contributed by atoms with van der Waals surface area (Å²) in [5.74, 6) is 1.46. The number of hydrogen-bond donors (Lipinski definition) is 1. The van der Waals surface area contributed by atoms with E-state index in [-0.39, 0.29) is 0 Å². The lowest BCUT2D eigenvalue weighted by atomic mass is 10.1. The first kappa shape index (κ1) is 11.3. The molecule has 0 saturated heterocycles. The molecule has 3 rings (SSSR count). The summed E-state index contributed by atoms with van der Waals surface area (Å²) in [7, 11) is 0. The Morgan fingerprint density at radius 2 is 1.83 bits per heavy atom. The largest absolute Gasteiger partial charge is 0.489 e. The predicted octanol–water partition coefficient (Wildman–Crippen LogP) is 3.08. The van der Waals surface area contributed by atoms with Crippen molar-refractivity contribution in [3.05, 3.63) is 65.7 Å². The van der Waals surface area contributed by atoms with Crippen LogP contribution in [-0.2, 0) is 6.61 Å². The molecule has 0 bridgehead atoms. The Labute approximate surface area is 107 Å². The van der Waals surface area contributed by atoms with Crippen LogP contribution in [-0.4, -0.2) is 6.04 Å². The lowest BCUT2D eigenvalue weighted by Crippen LogP contribution is -2.01. The lowest BCUT2D eigenvalue weighted by molar-refractivity contribution is 0.306. The smallest absolute Gasteiger partial charge is 0.120 e. The van der Waals surface area contributed by atoms with Crippen LogP contribution in [0.3, 0.4) is 0 Å². The number of nitrogens with two attached hydrogens (primary N) is 1. The van der Waals surface area contributed by atoms with Crippen LogP contribution in [0.2, 0.25) is 0 Å². The molecule has 0 aliphatic heterocycles. The summed E-state index contributed by atoms with van der Waals surface area (Å²) in [6, 6.07) is 18.8. The zero-order valence-corrected chi connectivity index (χ0v) is 10.3.